The molecule has 3 N–H and O–H groups in total. The minimum Gasteiger partial charge on any atom is -0.356 e. The van der Waals surface area contributed by atoms with E-state index in [4.69, 9.17) is 0 Å². The summed E-state index contributed by atoms with van der Waals surface area (Å²) in [7, 11) is 1.76. The fraction of sp³-hybridized carbons (Fsp3) is 0.450. The number of aromatic nitrogens is 1. The Kier molecular flexibility index (Phi) is 8.68. The minimum absolute atomic E-state index is 0. The van der Waals surface area contributed by atoms with E-state index in [0.29, 0.717) is 13.0 Å². The number of para-hydroxylation sites is 1. The Morgan fingerprint density at radius 3 is 2.86 bits per heavy atom. The number of anilines is 1. The maximum atomic E-state index is 11.9. The van der Waals surface area contributed by atoms with Gasteiger partial charge in [0.1, 0.15) is 0 Å². The molecule has 0 saturated heterocycles. The predicted octanol–water partition coefficient (Wildman–Crippen LogP) is 3.47. The minimum atomic E-state index is 0. The number of amides is 1. The number of benzene rings is 1. The normalized spacial score (nSPS) is 16.0. The van der Waals surface area contributed by atoms with Crippen LogP contribution in [0.25, 0.3) is 0 Å². The van der Waals surface area contributed by atoms with Crippen molar-refractivity contribution in [3.05, 3.63) is 45.4 Å². The third-order valence-electron chi connectivity index (χ3n) is 4.75. The molecule has 1 aliphatic heterocycles. The van der Waals surface area contributed by atoms with E-state index in [0.717, 1.165) is 36.0 Å². The van der Waals surface area contributed by atoms with Crippen LogP contribution in [0.4, 0.5) is 5.69 Å². The number of nitrogens with zero attached hydrogens (tertiary/aromatic N) is 2. The molecule has 6 nitrogen and oxygen atoms in total. The van der Waals surface area contributed by atoms with Crippen LogP contribution in [0.1, 0.15) is 40.4 Å². The second-order valence-electron chi connectivity index (χ2n) is 6.63. The third kappa shape index (κ3) is 5.66. The molecule has 2 aromatic rings. The number of hydrogen-bond donors (Lipinski definition) is 3. The summed E-state index contributed by atoms with van der Waals surface area (Å²) in [5, 5.41) is 10.8. The topological polar surface area (TPSA) is 78.4 Å². The molecule has 0 fully saturated rings. The fourth-order valence-corrected chi connectivity index (χ4v) is 4.36. The maximum absolute atomic E-state index is 11.9. The predicted molar refractivity (Wildman–Crippen MR) is 127 cm³/mol. The largest absolute Gasteiger partial charge is 0.356 e. The van der Waals surface area contributed by atoms with E-state index in [2.05, 4.69) is 45.8 Å². The summed E-state index contributed by atoms with van der Waals surface area (Å²) in [6.07, 6.45) is 2.34. The molecule has 152 valence electrons. The van der Waals surface area contributed by atoms with Crippen LogP contribution in [-0.4, -0.2) is 37.0 Å². The first-order valence-electron chi connectivity index (χ1n) is 9.39. The smallest absolute Gasteiger partial charge is 0.225 e. The number of halogens is 1. The second kappa shape index (κ2) is 10.8. The standard InChI is InChI=1S/C20H27N5OS.HI/c1-4-16-13(2)27-19(25-16)9-10-22-20(21-3)23-12-14-11-18(26)24-17-8-6-5-7-15(14)17;/h5-8,14H,4,9-12H2,1-3H3,(H,24,26)(H2,21,22,23);1H. The Hall–Kier alpha value is -1.68. The van der Waals surface area contributed by atoms with E-state index in [1.807, 2.05) is 18.2 Å². The number of hydrogen-bond acceptors (Lipinski definition) is 4. The number of aliphatic imine (C=N–C) groups is 1. The van der Waals surface area contributed by atoms with Crippen molar-refractivity contribution in [2.45, 2.75) is 39.0 Å². The molecule has 0 spiro atoms. The van der Waals surface area contributed by atoms with Gasteiger partial charge in [0.05, 0.1) is 10.7 Å². The summed E-state index contributed by atoms with van der Waals surface area (Å²) in [5.74, 6) is 0.957. The molecule has 1 atom stereocenters. The number of nitrogens with one attached hydrogen (secondary N) is 3. The first-order valence-corrected chi connectivity index (χ1v) is 10.2. The van der Waals surface area contributed by atoms with Gasteiger partial charge in [-0.25, -0.2) is 4.98 Å². The summed E-state index contributed by atoms with van der Waals surface area (Å²) in [6, 6.07) is 7.98. The molecule has 8 heteroatoms. The van der Waals surface area contributed by atoms with Crippen molar-refractivity contribution in [2.24, 2.45) is 4.99 Å². The van der Waals surface area contributed by atoms with Crippen molar-refractivity contribution < 1.29 is 4.79 Å². The molecule has 0 bridgehead atoms. The summed E-state index contributed by atoms with van der Waals surface area (Å²) >= 11 is 1.77. The van der Waals surface area contributed by atoms with Crippen LogP contribution in [0.2, 0.25) is 0 Å². The van der Waals surface area contributed by atoms with Crippen molar-refractivity contribution in [1.82, 2.24) is 15.6 Å². The summed E-state index contributed by atoms with van der Waals surface area (Å²) in [6.45, 7) is 5.71. The van der Waals surface area contributed by atoms with Gasteiger partial charge < -0.3 is 16.0 Å². The quantitative estimate of drug-likeness (QED) is 0.314. The van der Waals surface area contributed by atoms with Gasteiger partial charge in [0, 0.05) is 49.5 Å². The summed E-state index contributed by atoms with van der Waals surface area (Å²) in [5.41, 5.74) is 3.28. The molecule has 28 heavy (non-hydrogen) atoms. The number of fused-ring (bicyclic) bond motifs is 1. The van der Waals surface area contributed by atoms with Crippen LogP contribution < -0.4 is 16.0 Å². The highest BCUT2D eigenvalue weighted by Gasteiger charge is 2.24. The Balaban J connectivity index is 0.00000280. The van der Waals surface area contributed by atoms with Crippen molar-refractivity contribution in [1.29, 1.82) is 0 Å². The molecule has 3 rings (SSSR count). The lowest BCUT2D eigenvalue weighted by Crippen LogP contribution is -2.41. The van der Waals surface area contributed by atoms with Crippen molar-refractivity contribution in [3.8, 4) is 0 Å². The van der Waals surface area contributed by atoms with Crippen molar-refractivity contribution >= 4 is 52.9 Å². The molecule has 0 aliphatic carbocycles. The van der Waals surface area contributed by atoms with Gasteiger partial charge in [-0.05, 0) is 25.0 Å². The number of thiazole rings is 1. The molecule has 1 aromatic heterocycles. The molecule has 2 heterocycles. The lowest BCUT2D eigenvalue weighted by molar-refractivity contribution is -0.116. The van der Waals surface area contributed by atoms with Gasteiger partial charge in [-0.3, -0.25) is 9.79 Å². The number of carbonyl (C=O) groups is 1. The van der Waals surface area contributed by atoms with E-state index < -0.39 is 0 Å². The molecule has 1 unspecified atom stereocenters. The SMILES string of the molecule is CCc1nc(CCNC(=NC)NCC2CC(=O)Nc3ccccc32)sc1C.I. The lowest BCUT2D eigenvalue weighted by Gasteiger charge is -2.26. The van der Waals surface area contributed by atoms with Crippen LogP contribution in [0.3, 0.4) is 0 Å². The van der Waals surface area contributed by atoms with Crippen LogP contribution in [-0.2, 0) is 17.6 Å². The number of carbonyl (C=O) groups excluding carboxylic acids is 1. The van der Waals surface area contributed by atoms with E-state index in [1.54, 1.807) is 18.4 Å². The zero-order valence-corrected chi connectivity index (χ0v) is 19.7. The van der Waals surface area contributed by atoms with Crippen LogP contribution >= 0.6 is 35.3 Å². The van der Waals surface area contributed by atoms with Gasteiger partial charge in [-0.15, -0.1) is 35.3 Å². The van der Waals surface area contributed by atoms with Crippen LogP contribution in [0.5, 0.6) is 0 Å². The van der Waals surface area contributed by atoms with Crippen LogP contribution in [0.15, 0.2) is 29.3 Å². The Bertz CT molecular complexity index is 836. The molecule has 1 amide bonds. The van der Waals surface area contributed by atoms with Gasteiger partial charge >= 0.3 is 0 Å². The third-order valence-corrected chi connectivity index (χ3v) is 5.82. The van der Waals surface area contributed by atoms with Gasteiger partial charge in [-0.2, -0.15) is 0 Å². The van der Waals surface area contributed by atoms with Crippen molar-refractivity contribution in [3.63, 3.8) is 0 Å². The molecule has 1 aliphatic rings. The summed E-state index contributed by atoms with van der Waals surface area (Å²) < 4.78 is 0. The van der Waals surface area contributed by atoms with Crippen molar-refractivity contribution in [2.75, 3.05) is 25.5 Å². The van der Waals surface area contributed by atoms with E-state index >= 15 is 0 Å². The van der Waals surface area contributed by atoms with Gasteiger partial charge in [0.2, 0.25) is 5.91 Å². The number of aryl methyl sites for hydroxylation is 2. The van der Waals surface area contributed by atoms with Gasteiger partial charge in [-0.1, -0.05) is 25.1 Å². The lowest BCUT2D eigenvalue weighted by atomic mass is 9.90. The van der Waals surface area contributed by atoms with E-state index in [9.17, 15) is 4.79 Å². The molecular formula is C20H28IN5OS. The highest BCUT2D eigenvalue weighted by Crippen LogP contribution is 2.31. The maximum Gasteiger partial charge on any atom is 0.225 e. The van der Waals surface area contributed by atoms with E-state index in [1.165, 1.54) is 16.1 Å². The zero-order chi connectivity index (χ0) is 19.2. The molecule has 0 saturated carbocycles. The Morgan fingerprint density at radius 1 is 1.36 bits per heavy atom. The Morgan fingerprint density at radius 2 is 2.14 bits per heavy atom. The van der Waals surface area contributed by atoms with Gasteiger partial charge in [0.15, 0.2) is 5.96 Å². The highest BCUT2D eigenvalue weighted by molar-refractivity contribution is 14.0. The molecule has 0 radical (unpaired) electrons. The van der Waals surface area contributed by atoms with E-state index in [-0.39, 0.29) is 35.8 Å². The average molecular weight is 513 g/mol. The fourth-order valence-electron chi connectivity index (χ4n) is 3.33. The monoisotopic (exact) mass is 513 g/mol. The summed E-state index contributed by atoms with van der Waals surface area (Å²) in [4.78, 5) is 22.2. The zero-order valence-electron chi connectivity index (χ0n) is 16.5. The second-order valence-corrected chi connectivity index (χ2v) is 7.92. The highest BCUT2D eigenvalue weighted by atomic mass is 127. The average Bonchev–Trinajstić information content (AvgIpc) is 3.03. The number of rotatable bonds is 6. The molecule has 1 aromatic carbocycles. The number of guanidine groups is 1. The van der Waals surface area contributed by atoms with Crippen LogP contribution in [0, 0.1) is 6.92 Å². The first-order chi connectivity index (χ1) is 13.1. The Labute approximate surface area is 187 Å². The van der Waals surface area contributed by atoms with Gasteiger partial charge in [0.25, 0.3) is 0 Å². The molecular weight excluding hydrogens is 485 g/mol. The first kappa shape index (κ1) is 22.6.